The molecule has 1 saturated heterocycles. The SMILES string of the molecule is CCOC(CN)CN1CCC(C(=O)OC)CC1. The number of hydrogen-bond donors (Lipinski definition) is 1. The first-order valence-corrected chi connectivity index (χ1v) is 6.33. The molecular formula is C12H24N2O3. The first kappa shape index (κ1) is 14.4. The monoisotopic (exact) mass is 244 g/mol. The van der Waals surface area contributed by atoms with Gasteiger partial charge in [0.05, 0.1) is 19.1 Å². The second-order valence-electron chi connectivity index (χ2n) is 4.41. The Bertz CT molecular complexity index is 228. The third-order valence-electron chi connectivity index (χ3n) is 3.25. The van der Waals surface area contributed by atoms with Crippen molar-refractivity contribution in [2.24, 2.45) is 11.7 Å². The molecule has 0 radical (unpaired) electrons. The van der Waals surface area contributed by atoms with Gasteiger partial charge in [0.1, 0.15) is 0 Å². The second kappa shape index (κ2) is 7.63. The molecule has 1 aliphatic heterocycles. The molecule has 0 aliphatic carbocycles. The fourth-order valence-electron chi connectivity index (χ4n) is 2.24. The molecule has 17 heavy (non-hydrogen) atoms. The van der Waals surface area contributed by atoms with Crippen LogP contribution in [0.15, 0.2) is 0 Å². The zero-order valence-corrected chi connectivity index (χ0v) is 10.9. The van der Waals surface area contributed by atoms with Gasteiger partial charge in [0, 0.05) is 19.7 Å². The van der Waals surface area contributed by atoms with Crippen LogP contribution >= 0.6 is 0 Å². The molecule has 5 nitrogen and oxygen atoms in total. The summed E-state index contributed by atoms with van der Waals surface area (Å²) < 4.78 is 10.3. The molecule has 0 spiro atoms. The predicted octanol–water partition coefficient (Wildman–Crippen LogP) is 0.235. The van der Waals surface area contributed by atoms with Gasteiger partial charge in [0.2, 0.25) is 0 Å². The molecule has 1 fully saturated rings. The number of carbonyl (C=O) groups is 1. The first-order chi connectivity index (χ1) is 8.21. The van der Waals surface area contributed by atoms with Gasteiger partial charge in [0.15, 0.2) is 0 Å². The molecule has 5 heteroatoms. The van der Waals surface area contributed by atoms with Crippen LogP contribution in [0.5, 0.6) is 0 Å². The van der Waals surface area contributed by atoms with Crippen LogP contribution in [0.25, 0.3) is 0 Å². The van der Waals surface area contributed by atoms with E-state index in [-0.39, 0.29) is 18.0 Å². The summed E-state index contributed by atoms with van der Waals surface area (Å²) in [5.41, 5.74) is 5.65. The molecule has 0 aromatic rings. The van der Waals surface area contributed by atoms with Crippen LogP contribution in [0.4, 0.5) is 0 Å². The van der Waals surface area contributed by atoms with Gasteiger partial charge in [-0.1, -0.05) is 0 Å². The highest BCUT2D eigenvalue weighted by atomic mass is 16.5. The molecule has 1 atom stereocenters. The fraction of sp³-hybridized carbons (Fsp3) is 0.917. The van der Waals surface area contributed by atoms with E-state index in [2.05, 4.69) is 4.90 Å². The van der Waals surface area contributed by atoms with Crippen LogP contribution in [-0.4, -0.2) is 56.9 Å². The highest BCUT2D eigenvalue weighted by molar-refractivity contribution is 5.72. The van der Waals surface area contributed by atoms with E-state index >= 15 is 0 Å². The van der Waals surface area contributed by atoms with Gasteiger partial charge in [-0.25, -0.2) is 0 Å². The Balaban J connectivity index is 2.29. The third-order valence-corrected chi connectivity index (χ3v) is 3.25. The van der Waals surface area contributed by atoms with Crippen LogP contribution in [-0.2, 0) is 14.3 Å². The average Bonchev–Trinajstić information content (AvgIpc) is 2.38. The van der Waals surface area contributed by atoms with Crippen LogP contribution in [0.3, 0.4) is 0 Å². The van der Waals surface area contributed by atoms with Gasteiger partial charge in [-0.3, -0.25) is 4.79 Å². The van der Waals surface area contributed by atoms with Crippen molar-refractivity contribution in [3.8, 4) is 0 Å². The lowest BCUT2D eigenvalue weighted by atomic mass is 9.97. The van der Waals surface area contributed by atoms with E-state index < -0.39 is 0 Å². The first-order valence-electron chi connectivity index (χ1n) is 6.33. The number of piperidine rings is 1. The highest BCUT2D eigenvalue weighted by Gasteiger charge is 2.26. The second-order valence-corrected chi connectivity index (χ2v) is 4.41. The minimum absolute atomic E-state index is 0.0691. The molecule has 0 aromatic heterocycles. The molecule has 100 valence electrons. The molecular weight excluding hydrogens is 220 g/mol. The van der Waals surface area contributed by atoms with Crippen molar-refractivity contribution < 1.29 is 14.3 Å². The molecule has 1 rings (SSSR count). The number of carbonyl (C=O) groups excluding carboxylic acids is 1. The van der Waals surface area contributed by atoms with Crippen LogP contribution in [0.2, 0.25) is 0 Å². The number of nitrogens with zero attached hydrogens (tertiary/aromatic N) is 1. The van der Waals surface area contributed by atoms with Crippen molar-refractivity contribution in [3.05, 3.63) is 0 Å². The number of likely N-dealkylation sites (tertiary alicyclic amines) is 1. The maximum absolute atomic E-state index is 11.4. The predicted molar refractivity (Wildman–Crippen MR) is 65.6 cm³/mol. The van der Waals surface area contributed by atoms with Gasteiger partial charge < -0.3 is 20.1 Å². The van der Waals surface area contributed by atoms with Crippen molar-refractivity contribution in [2.75, 3.05) is 39.9 Å². The third kappa shape index (κ3) is 4.61. The fourth-order valence-corrected chi connectivity index (χ4v) is 2.24. The Morgan fingerprint density at radius 2 is 2.12 bits per heavy atom. The minimum Gasteiger partial charge on any atom is -0.469 e. The molecule has 0 aromatic carbocycles. The van der Waals surface area contributed by atoms with Gasteiger partial charge in [-0.2, -0.15) is 0 Å². The van der Waals surface area contributed by atoms with E-state index in [1.165, 1.54) is 7.11 Å². The summed E-state index contributed by atoms with van der Waals surface area (Å²) in [4.78, 5) is 13.7. The molecule has 1 heterocycles. The Kier molecular flexibility index (Phi) is 6.47. The summed E-state index contributed by atoms with van der Waals surface area (Å²) >= 11 is 0. The van der Waals surface area contributed by atoms with E-state index in [1.54, 1.807) is 0 Å². The number of nitrogens with two attached hydrogens (primary N) is 1. The summed E-state index contributed by atoms with van der Waals surface area (Å²) in [6.45, 7) is 5.92. The van der Waals surface area contributed by atoms with Gasteiger partial charge in [0.25, 0.3) is 0 Å². The zero-order chi connectivity index (χ0) is 12.7. The number of hydrogen-bond acceptors (Lipinski definition) is 5. The Labute approximate surface area is 103 Å². The van der Waals surface area contributed by atoms with E-state index in [0.717, 1.165) is 32.5 Å². The standard InChI is InChI=1S/C12H24N2O3/c1-3-17-11(8-13)9-14-6-4-10(5-7-14)12(15)16-2/h10-11H,3-9,13H2,1-2H3. The van der Waals surface area contributed by atoms with Crippen LogP contribution < -0.4 is 5.73 Å². The lowest BCUT2D eigenvalue weighted by Gasteiger charge is -2.32. The van der Waals surface area contributed by atoms with Crippen molar-refractivity contribution in [3.63, 3.8) is 0 Å². The minimum atomic E-state index is -0.0789. The summed E-state index contributed by atoms with van der Waals surface area (Å²) in [7, 11) is 1.45. The van der Waals surface area contributed by atoms with Gasteiger partial charge in [-0.05, 0) is 32.9 Å². The number of rotatable bonds is 6. The molecule has 1 aliphatic rings. The molecule has 0 bridgehead atoms. The summed E-state index contributed by atoms with van der Waals surface area (Å²) in [6, 6.07) is 0. The lowest BCUT2D eigenvalue weighted by Crippen LogP contribution is -2.43. The molecule has 0 saturated carbocycles. The van der Waals surface area contributed by atoms with Gasteiger partial charge in [-0.15, -0.1) is 0 Å². The highest BCUT2D eigenvalue weighted by Crippen LogP contribution is 2.18. The van der Waals surface area contributed by atoms with Crippen molar-refractivity contribution >= 4 is 5.97 Å². The van der Waals surface area contributed by atoms with Crippen molar-refractivity contribution in [1.82, 2.24) is 4.90 Å². The normalized spacial score (nSPS) is 20.2. The van der Waals surface area contributed by atoms with E-state index in [4.69, 9.17) is 15.2 Å². The van der Waals surface area contributed by atoms with Crippen molar-refractivity contribution in [2.45, 2.75) is 25.9 Å². The Hall–Kier alpha value is -0.650. The molecule has 0 amide bonds. The summed E-state index contributed by atoms with van der Waals surface area (Å²) in [5, 5.41) is 0. The average molecular weight is 244 g/mol. The van der Waals surface area contributed by atoms with E-state index in [9.17, 15) is 4.79 Å². The van der Waals surface area contributed by atoms with E-state index in [1.807, 2.05) is 6.92 Å². The smallest absolute Gasteiger partial charge is 0.308 e. The Morgan fingerprint density at radius 3 is 2.59 bits per heavy atom. The number of esters is 1. The van der Waals surface area contributed by atoms with Crippen molar-refractivity contribution in [1.29, 1.82) is 0 Å². The number of methoxy groups -OCH3 is 1. The number of ether oxygens (including phenoxy) is 2. The largest absolute Gasteiger partial charge is 0.469 e. The summed E-state index contributed by atoms with van der Waals surface area (Å²) in [5.74, 6) is -0.00972. The summed E-state index contributed by atoms with van der Waals surface area (Å²) in [6.07, 6.45) is 1.85. The van der Waals surface area contributed by atoms with E-state index in [0.29, 0.717) is 13.2 Å². The van der Waals surface area contributed by atoms with Crippen LogP contribution in [0.1, 0.15) is 19.8 Å². The zero-order valence-electron chi connectivity index (χ0n) is 10.9. The maximum Gasteiger partial charge on any atom is 0.308 e. The van der Waals surface area contributed by atoms with Crippen LogP contribution in [0, 0.1) is 5.92 Å². The lowest BCUT2D eigenvalue weighted by molar-refractivity contribution is -0.147. The molecule has 1 unspecified atom stereocenters. The molecule has 2 N–H and O–H groups in total. The maximum atomic E-state index is 11.4. The quantitative estimate of drug-likeness (QED) is 0.678. The topological polar surface area (TPSA) is 64.8 Å². The van der Waals surface area contributed by atoms with Gasteiger partial charge >= 0.3 is 5.97 Å². The Morgan fingerprint density at radius 1 is 1.47 bits per heavy atom.